The van der Waals surface area contributed by atoms with E-state index in [1.54, 1.807) is 6.07 Å². The first kappa shape index (κ1) is 14.0. The fourth-order valence-electron chi connectivity index (χ4n) is 1.65. The van der Waals surface area contributed by atoms with E-state index < -0.39 is 11.6 Å². The zero-order valence-electron chi connectivity index (χ0n) is 9.59. The number of hydrogen-bond donors (Lipinski definition) is 0. The van der Waals surface area contributed by atoms with Gasteiger partial charge in [-0.05, 0) is 35.9 Å². The monoisotopic (exact) mass is 300 g/mol. The number of carbonyl (C=O) groups is 1. The third kappa shape index (κ3) is 3.31. The Kier molecular flexibility index (Phi) is 4.17. The number of carbonyl (C=O) groups excluding carboxylic acids is 1. The molecule has 0 saturated heterocycles. The average molecular weight is 301 g/mol. The van der Waals surface area contributed by atoms with Gasteiger partial charge in [-0.25, -0.2) is 8.78 Å². The van der Waals surface area contributed by atoms with Crippen molar-refractivity contribution in [3.8, 4) is 0 Å². The second kappa shape index (κ2) is 5.68. The molecule has 2 aromatic rings. The van der Waals surface area contributed by atoms with Crippen LogP contribution in [-0.4, -0.2) is 5.78 Å². The minimum absolute atomic E-state index is 0.00369. The zero-order valence-corrected chi connectivity index (χ0v) is 11.1. The second-order valence-electron chi connectivity index (χ2n) is 3.97. The standard InChI is InChI=1S/C14H8Cl2F2O/c15-11-4-1-8(5-13(11)18)6-14(19)10-3-2-9(17)7-12(10)16/h1-5,7H,6H2. The Balaban J connectivity index is 2.23. The molecule has 19 heavy (non-hydrogen) atoms. The Morgan fingerprint density at radius 2 is 1.74 bits per heavy atom. The van der Waals surface area contributed by atoms with Crippen molar-refractivity contribution < 1.29 is 13.6 Å². The molecule has 0 N–H and O–H groups in total. The van der Waals surface area contributed by atoms with Crippen LogP contribution in [0.4, 0.5) is 8.78 Å². The molecule has 98 valence electrons. The number of rotatable bonds is 3. The molecule has 0 aliphatic heterocycles. The summed E-state index contributed by atoms with van der Waals surface area (Å²) in [5, 5.41) is 0.0375. The zero-order chi connectivity index (χ0) is 14.0. The minimum atomic E-state index is -0.586. The Morgan fingerprint density at radius 1 is 1.00 bits per heavy atom. The lowest BCUT2D eigenvalue weighted by Crippen LogP contribution is -2.05. The van der Waals surface area contributed by atoms with Crippen LogP contribution in [-0.2, 0) is 6.42 Å². The molecule has 0 spiro atoms. The Labute approximate surface area is 118 Å². The Morgan fingerprint density at radius 3 is 2.37 bits per heavy atom. The summed E-state index contributed by atoms with van der Waals surface area (Å²) in [6.45, 7) is 0. The van der Waals surface area contributed by atoms with E-state index in [2.05, 4.69) is 0 Å². The minimum Gasteiger partial charge on any atom is -0.294 e. The SMILES string of the molecule is O=C(Cc1ccc(Cl)c(F)c1)c1ccc(F)cc1Cl. The first-order chi connectivity index (χ1) is 8.97. The van der Waals surface area contributed by atoms with Gasteiger partial charge < -0.3 is 0 Å². The molecule has 5 heteroatoms. The number of halogens is 4. The van der Waals surface area contributed by atoms with E-state index >= 15 is 0 Å². The van der Waals surface area contributed by atoms with Gasteiger partial charge >= 0.3 is 0 Å². The second-order valence-corrected chi connectivity index (χ2v) is 4.79. The molecule has 0 heterocycles. The first-order valence-electron chi connectivity index (χ1n) is 5.39. The summed E-state index contributed by atoms with van der Waals surface area (Å²) in [5.41, 5.74) is 0.686. The molecule has 0 saturated carbocycles. The van der Waals surface area contributed by atoms with E-state index in [9.17, 15) is 13.6 Å². The number of benzene rings is 2. The number of Topliss-reactive ketones (excluding diaryl/α,β-unsaturated/α-hetero) is 1. The van der Waals surface area contributed by atoms with Gasteiger partial charge in [0.2, 0.25) is 0 Å². The molecule has 0 amide bonds. The van der Waals surface area contributed by atoms with Crippen molar-refractivity contribution in [2.24, 2.45) is 0 Å². The molecule has 0 unspecified atom stereocenters. The van der Waals surface area contributed by atoms with Crippen LogP contribution >= 0.6 is 23.2 Å². The lowest BCUT2D eigenvalue weighted by Gasteiger charge is -2.05. The molecule has 0 aromatic heterocycles. The van der Waals surface area contributed by atoms with Gasteiger partial charge in [0.05, 0.1) is 10.0 Å². The molecule has 0 fully saturated rings. The summed E-state index contributed by atoms with van der Waals surface area (Å²) in [5.74, 6) is -1.41. The van der Waals surface area contributed by atoms with Crippen LogP contribution in [0.25, 0.3) is 0 Å². The van der Waals surface area contributed by atoms with Gasteiger partial charge in [0, 0.05) is 12.0 Å². The molecule has 0 aliphatic rings. The molecule has 2 rings (SSSR count). The van der Waals surface area contributed by atoms with Crippen molar-refractivity contribution in [1.29, 1.82) is 0 Å². The van der Waals surface area contributed by atoms with E-state index in [1.807, 2.05) is 0 Å². The van der Waals surface area contributed by atoms with Crippen LogP contribution in [0.1, 0.15) is 15.9 Å². The van der Waals surface area contributed by atoms with E-state index in [1.165, 1.54) is 18.2 Å². The predicted octanol–water partition coefficient (Wildman–Crippen LogP) is 4.70. The van der Waals surface area contributed by atoms with Gasteiger partial charge in [-0.3, -0.25) is 4.79 Å². The Hall–Kier alpha value is -1.45. The fourth-order valence-corrected chi connectivity index (χ4v) is 2.04. The highest BCUT2D eigenvalue weighted by Gasteiger charge is 2.12. The molecule has 0 aliphatic carbocycles. The summed E-state index contributed by atoms with van der Waals surface area (Å²) in [4.78, 5) is 12.0. The molecule has 1 nitrogen and oxygen atoms in total. The molecular weight excluding hydrogens is 293 g/mol. The smallest absolute Gasteiger partial charge is 0.168 e. The molecule has 2 aromatic carbocycles. The summed E-state index contributed by atoms with van der Waals surface area (Å²) in [6, 6.07) is 7.66. The van der Waals surface area contributed by atoms with Crippen molar-refractivity contribution in [2.45, 2.75) is 6.42 Å². The highest BCUT2D eigenvalue weighted by atomic mass is 35.5. The molecular formula is C14H8Cl2F2O. The molecule has 0 atom stereocenters. The highest BCUT2D eigenvalue weighted by molar-refractivity contribution is 6.34. The van der Waals surface area contributed by atoms with Gasteiger partial charge in [-0.2, -0.15) is 0 Å². The number of hydrogen-bond acceptors (Lipinski definition) is 1. The van der Waals surface area contributed by atoms with E-state index in [0.29, 0.717) is 5.56 Å². The summed E-state index contributed by atoms with van der Waals surface area (Å²) < 4.78 is 26.1. The highest BCUT2D eigenvalue weighted by Crippen LogP contribution is 2.21. The molecule has 0 bridgehead atoms. The van der Waals surface area contributed by atoms with E-state index in [-0.39, 0.29) is 27.8 Å². The normalized spacial score (nSPS) is 10.5. The third-order valence-corrected chi connectivity index (χ3v) is 3.20. The first-order valence-corrected chi connectivity index (χ1v) is 6.15. The van der Waals surface area contributed by atoms with Crippen molar-refractivity contribution in [3.05, 3.63) is 69.2 Å². The third-order valence-electron chi connectivity index (χ3n) is 2.58. The maximum Gasteiger partial charge on any atom is 0.168 e. The van der Waals surface area contributed by atoms with Crippen LogP contribution in [0.3, 0.4) is 0 Å². The van der Waals surface area contributed by atoms with Crippen LogP contribution in [0.2, 0.25) is 10.0 Å². The van der Waals surface area contributed by atoms with Gasteiger partial charge in [-0.1, -0.05) is 29.3 Å². The lowest BCUT2D eigenvalue weighted by molar-refractivity contribution is 0.0993. The maximum atomic E-state index is 13.2. The van der Waals surface area contributed by atoms with Gasteiger partial charge in [0.25, 0.3) is 0 Å². The maximum absolute atomic E-state index is 13.2. The van der Waals surface area contributed by atoms with Crippen LogP contribution in [0.5, 0.6) is 0 Å². The molecule has 0 radical (unpaired) electrons. The predicted molar refractivity (Wildman–Crippen MR) is 70.9 cm³/mol. The van der Waals surface area contributed by atoms with Gasteiger partial charge in [0.1, 0.15) is 11.6 Å². The topological polar surface area (TPSA) is 17.1 Å². The van der Waals surface area contributed by atoms with Crippen molar-refractivity contribution in [2.75, 3.05) is 0 Å². The summed E-state index contributed by atoms with van der Waals surface area (Å²) in [7, 11) is 0. The van der Waals surface area contributed by atoms with E-state index in [0.717, 1.165) is 12.1 Å². The number of ketones is 1. The van der Waals surface area contributed by atoms with Crippen LogP contribution in [0, 0.1) is 11.6 Å². The van der Waals surface area contributed by atoms with Gasteiger partial charge in [0.15, 0.2) is 5.78 Å². The van der Waals surface area contributed by atoms with Crippen molar-refractivity contribution >= 4 is 29.0 Å². The largest absolute Gasteiger partial charge is 0.294 e. The van der Waals surface area contributed by atoms with Crippen molar-refractivity contribution in [1.82, 2.24) is 0 Å². The fraction of sp³-hybridized carbons (Fsp3) is 0.0714. The van der Waals surface area contributed by atoms with Gasteiger partial charge in [-0.15, -0.1) is 0 Å². The van der Waals surface area contributed by atoms with E-state index in [4.69, 9.17) is 23.2 Å². The lowest BCUT2D eigenvalue weighted by atomic mass is 10.0. The Bertz CT molecular complexity index is 641. The quantitative estimate of drug-likeness (QED) is 0.751. The van der Waals surface area contributed by atoms with Crippen LogP contribution < -0.4 is 0 Å². The summed E-state index contributed by atoms with van der Waals surface area (Å²) in [6.07, 6.45) is -0.0283. The van der Waals surface area contributed by atoms with Crippen LogP contribution in [0.15, 0.2) is 36.4 Å². The summed E-state index contributed by atoms with van der Waals surface area (Å²) >= 11 is 11.3. The van der Waals surface area contributed by atoms with Crippen molar-refractivity contribution in [3.63, 3.8) is 0 Å². The average Bonchev–Trinajstić information content (AvgIpc) is 2.33.